The summed E-state index contributed by atoms with van der Waals surface area (Å²) < 4.78 is 0. The molecule has 0 saturated heterocycles. The van der Waals surface area contributed by atoms with Crippen LogP contribution in [-0.4, -0.2) is 0 Å². The normalized spacial score (nSPS) is 10.6. The highest BCUT2D eigenvalue weighted by atomic mass is 14.0. The zero-order valence-electron chi connectivity index (χ0n) is 16.3. The number of fused-ring (bicyclic) bond motifs is 2. The smallest absolute Gasteiger partial charge is 0.0181 e. The number of aryl methyl sites for hydroxylation is 4. The van der Waals surface area contributed by atoms with Gasteiger partial charge in [0.2, 0.25) is 0 Å². The van der Waals surface area contributed by atoms with Crippen molar-refractivity contribution in [1.29, 1.82) is 0 Å². The molecule has 0 aromatic heterocycles. The summed E-state index contributed by atoms with van der Waals surface area (Å²) in [5, 5.41) is 5.38. The SMILES string of the molecule is CCCc1ccc2cc(C)ccc2c1.Cc1ccc2cc(C)ccc2c1. The topological polar surface area (TPSA) is 0 Å². The van der Waals surface area contributed by atoms with Crippen LogP contribution < -0.4 is 0 Å². The monoisotopic (exact) mass is 340 g/mol. The molecule has 0 radical (unpaired) electrons. The van der Waals surface area contributed by atoms with Crippen LogP contribution in [0.3, 0.4) is 0 Å². The average Bonchev–Trinajstić information content (AvgIpc) is 2.63. The molecule has 4 aromatic carbocycles. The highest BCUT2D eigenvalue weighted by Gasteiger charge is 1.96. The van der Waals surface area contributed by atoms with Gasteiger partial charge in [-0.05, 0) is 54.3 Å². The number of rotatable bonds is 2. The third-order valence-corrected chi connectivity index (χ3v) is 4.75. The van der Waals surface area contributed by atoms with Gasteiger partial charge >= 0.3 is 0 Å². The Kier molecular flexibility index (Phi) is 5.73. The lowest BCUT2D eigenvalue weighted by atomic mass is 10.0. The van der Waals surface area contributed by atoms with Crippen molar-refractivity contribution in [3.05, 3.63) is 95.1 Å². The molecular weight excluding hydrogens is 312 g/mol. The minimum absolute atomic E-state index is 1.18. The molecule has 0 aliphatic heterocycles. The third-order valence-electron chi connectivity index (χ3n) is 4.75. The molecule has 0 aliphatic carbocycles. The van der Waals surface area contributed by atoms with Crippen molar-refractivity contribution in [3.63, 3.8) is 0 Å². The first kappa shape index (κ1) is 18.2. The van der Waals surface area contributed by atoms with Gasteiger partial charge in [-0.1, -0.05) is 103 Å². The van der Waals surface area contributed by atoms with E-state index in [0.29, 0.717) is 0 Å². The van der Waals surface area contributed by atoms with Crippen LogP contribution in [0.2, 0.25) is 0 Å². The third kappa shape index (κ3) is 4.52. The Balaban J connectivity index is 0.000000152. The minimum atomic E-state index is 1.18. The quantitative estimate of drug-likeness (QED) is 0.353. The Morgan fingerprint density at radius 1 is 0.500 bits per heavy atom. The molecule has 4 aromatic rings. The van der Waals surface area contributed by atoms with E-state index in [4.69, 9.17) is 0 Å². The molecule has 0 bridgehead atoms. The van der Waals surface area contributed by atoms with Crippen molar-refractivity contribution in [1.82, 2.24) is 0 Å². The maximum atomic E-state index is 2.30. The van der Waals surface area contributed by atoms with Crippen molar-refractivity contribution in [2.24, 2.45) is 0 Å². The Hall–Kier alpha value is -2.60. The fourth-order valence-electron chi connectivity index (χ4n) is 3.34. The highest BCUT2D eigenvalue weighted by Crippen LogP contribution is 2.18. The summed E-state index contributed by atoms with van der Waals surface area (Å²) in [5.74, 6) is 0. The Morgan fingerprint density at radius 3 is 1.31 bits per heavy atom. The fourth-order valence-corrected chi connectivity index (χ4v) is 3.34. The van der Waals surface area contributed by atoms with E-state index in [0.717, 1.165) is 0 Å². The molecule has 0 fully saturated rings. The Morgan fingerprint density at radius 2 is 0.885 bits per heavy atom. The highest BCUT2D eigenvalue weighted by molar-refractivity contribution is 5.84. The maximum Gasteiger partial charge on any atom is -0.0181 e. The summed E-state index contributed by atoms with van der Waals surface area (Å²) >= 11 is 0. The van der Waals surface area contributed by atoms with E-state index in [2.05, 4.69) is 100 Å². The molecule has 0 amide bonds. The first-order valence-electron chi connectivity index (χ1n) is 9.51. The van der Waals surface area contributed by atoms with E-state index in [1.165, 1.54) is 56.6 Å². The van der Waals surface area contributed by atoms with Gasteiger partial charge in [0.25, 0.3) is 0 Å². The summed E-state index contributed by atoms with van der Waals surface area (Å²) in [7, 11) is 0. The molecule has 0 saturated carbocycles. The van der Waals surface area contributed by atoms with Gasteiger partial charge in [0, 0.05) is 0 Å². The molecule has 0 nitrogen and oxygen atoms in total. The lowest BCUT2D eigenvalue weighted by Crippen LogP contribution is -1.83. The first-order chi connectivity index (χ1) is 12.5. The molecule has 0 heteroatoms. The second kappa shape index (κ2) is 8.19. The van der Waals surface area contributed by atoms with E-state index >= 15 is 0 Å². The number of hydrogen-bond donors (Lipinski definition) is 0. The van der Waals surface area contributed by atoms with Crippen LogP contribution in [0.5, 0.6) is 0 Å². The molecule has 0 aliphatic rings. The second-order valence-corrected chi connectivity index (χ2v) is 7.29. The second-order valence-electron chi connectivity index (χ2n) is 7.29. The summed E-state index contributed by atoms with van der Waals surface area (Å²) in [6.07, 6.45) is 2.40. The minimum Gasteiger partial charge on any atom is -0.0651 e. The standard InChI is InChI=1S/C14H16.C12H12/c1-3-4-12-6-8-13-9-11(2)5-7-14(13)10-12;1-9-3-5-12-8-10(2)4-6-11(12)7-9/h5-10H,3-4H2,1-2H3;3-8H,1-2H3. The zero-order chi connectivity index (χ0) is 18.5. The van der Waals surface area contributed by atoms with Gasteiger partial charge in [-0.15, -0.1) is 0 Å². The zero-order valence-corrected chi connectivity index (χ0v) is 16.3. The van der Waals surface area contributed by atoms with Crippen LogP contribution in [0.1, 0.15) is 35.6 Å². The van der Waals surface area contributed by atoms with Crippen LogP contribution >= 0.6 is 0 Å². The molecule has 4 rings (SSSR count). The summed E-state index contributed by atoms with van der Waals surface area (Å²) in [4.78, 5) is 0. The lowest BCUT2D eigenvalue weighted by Gasteiger charge is -2.03. The molecule has 0 N–H and O–H groups in total. The Labute approximate surface area is 157 Å². The summed E-state index contributed by atoms with van der Waals surface area (Å²) in [5.41, 5.74) is 5.43. The van der Waals surface area contributed by atoms with Crippen molar-refractivity contribution in [2.45, 2.75) is 40.5 Å². The van der Waals surface area contributed by atoms with Crippen LogP contribution in [0.25, 0.3) is 21.5 Å². The van der Waals surface area contributed by atoms with Gasteiger partial charge < -0.3 is 0 Å². The van der Waals surface area contributed by atoms with Gasteiger partial charge in [-0.3, -0.25) is 0 Å². The number of benzene rings is 4. The molecule has 0 atom stereocenters. The van der Waals surface area contributed by atoms with Gasteiger partial charge in [-0.2, -0.15) is 0 Å². The summed E-state index contributed by atoms with van der Waals surface area (Å²) in [6, 6.07) is 26.5. The van der Waals surface area contributed by atoms with Gasteiger partial charge in [0.05, 0.1) is 0 Å². The van der Waals surface area contributed by atoms with Crippen molar-refractivity contribution < 1.29 is 0 Å². The Bertz CT molecular complexity index is 983. The van der Waals surface area contributed by atoms with E-state index in [1.807, 2.05) is 0 Å². The number of hydrogen-bond acceptors (Lipinski definition) is 0. The van der Waals surface area contributed by atoms with E-state index in [1.54, 1.807) is 0 Å². The summed E-state index contributed by atoms with van der Waals surface area (Å²) in [6.45, 7) is 8.61. The maximum absolute atomic E-state index is 2.30. The molecule has 0 heterocycles. The van der Waals surface area contributed by atoms with Crippen LogP contribution in [0, 0.1) is 20.8 Å². The van der Waals surface area contributed by atoms with Crippen LogP contribution in [-0.2, 0) is 6.42 Å². The predicted octanol–water partition coefficient (Wildman–Crippen LogP) is 7.56. The van der Waals surface area contributed by atoms with Gasteiger partial charge in [0.15, 0.2) is 0 Å². The molecule has 0 unspecified atom stereocenters. The molecular formula is C26H28. The van der Waals surface area contributed by atoms with E-state index in [-0.39, 0.29) is 0 Å². The van der Waals surface area contributed by atoms with Crippen molar-refractivity contribution in [2.75, 3.05) is 0 Å². The predicted molar refractivity (Wildman–Crippen MR) is 116 cm³/mol. The van der Waals surface area contributed by atoms with E-state index in [9.17, 15) is 0 Å². The van der Waals surface area contributed by atoms with Crippen molar-refractivity contribution in [3.8, 4) is 0 Å². The lowest BCUT2D eigenvalue weighted by molar-refractivity contribution is 0.924. The fraction of sp³-hybridized carbons (Fsp3) is 0.231. The van der Waals surface area contributed by atoms with Gasteiger partial charge in [-0.25, -0.2) is 0 Å². The largest absolute Gasteiger partial charge is 0.0651 e. The van der Waals surface area contributed by atoms with Crippen molar-refractivity contribution >= 4 is 21.5 Å². The molecule has 0 spiro atoms. The average molecular weight is 341 g/mol. The van der Waals surface area contributed by atoms with Crippen LogP contribution in [0.4, 0.5) is 0 Å². The first-order valence-corrected chi connectivity index (χ1v) is 9.51. The van der Waals surface area contributed by atoms with E-state index < -0.39 is 0 Å². The molecule has 26 heavy (non-hydrogen) atoms. The van der Waals surface area contributed by atoms with Gasteiger partial charge in [0.1, 0.15) is 0 Å². The molecule has 132 valence electrons. The van der Waals surface area contributed by atoms with Crippen LogP contribution in [0.15, 0.2) is 72.8 Å².